The number of aromatic nitrogens is 1. The number of hydrogen-bond acceptors (Lipinski definition) is 5. The number of aliphatic hydroxyl groups excluding tert-OH is 1. The predicted molar refractivity (Wildman–Crippen MR) is 71.0 cm³/mol. The summed E-state index contributed by atoms with van der Waals surface area (Å²) in [5.74, 6) is 0.0146. The van der Waals surface area contributed by atoms with E-state index in [1.165, 1.54) is 12.3 Å². The highest BCUT2D eigenvalue weighted by molar-refractivity contribution is 6.33. The Kier molecular flexibility index (Phi) is 4.24. The van der Waals surface area contributed by atoms with Gasteiger partial charge in [0.1, 0.15) is 5.82 Å². The fourth-order valence-electron chi connectivity index (χ4n) is 1.98. The van der Waals surface area contributed by atoms with E-state index in [1.54, 1.807) is 4.90 Å². The van der Waals surface area contributed by atoms with Crippen molar-refractivity contribution in [2.45, 2.75) is 19.1 Å². The summed E-state index contributed by atoms with van der Waals surface area (Å²) in [5.41, 5.74) is 5.90. The summed E-state index contributed by atoms with van der Waals surface area (Å²) in [4.78, 5) is 17.9. The van der Waals surface area contributed by atoms with Crippen LogP contribution in [-0.2, 0) is 4.74 Å². The van der Waals surface area contributed by atoms with Crippen LogP contribution in [0.1, 0.15) is 17.3 Å². The second-order valence-corrected chi connectivity index (χ2v) is 4.94. The molecule has 2 atom stereocenters. The van der Waals surface area contributed by atoms with E-state index < -0.39 is 0 Å². The van der Waals surface area contributed by atoms with Crippen LogP contribution in [0.2, 0.25) is 5.02 Å². The number of pyridine rings is 1. The number of morpholine rings is 1. The van der Waals surface area contributed by atoms with Crippen LogP contribution in [0.5, 0.6) is 0 Å². The molecular formula is C12H16ClN3O3. The molecule has 104 valence electrons. The topological polar surface area (TPSA) is 88.7 Å². The molecule has 0 spiro atoms. The summed E-state index contributed by atoms with van der Waals surface area (Å²) in [6.07, 6.45) is 0.997. The van der Waals surface area contributed by atoms with E-state index in [2.05, 4.69) is 4.98 Å². The van der Waals surface area contributed by atoms with Gasteiger partial charge in [0.2, 0.25) is 0 Å². The van der Waals surface area contributed by atoms with Crippen molar-refractivity contribution in [3.8, 4) is 0 Å². The van der Waals surface area contributed by atoms with Crippen molar-refractivity contribution >= 4 is 23.3 Å². The molecule has 1 aromatic heterocycles. The molecule has 2 unspecified atom stereocenters. The number of nitrogens with two attached hydrogens (primary N) is 1. The smallest absolute Gasteiger partial charge is 0.255 e. The average Bonchev–Trinajstić information content (AvgIpc) is 2.41. The van der Waals surface area contributed by atoms with Crippen molar-refractivity contribution < 1.29 is 14.6 Å². The average molecular weight is 286 g/mol. The maximum absolute atomic E-state index is 12.5. The lowest BCUT2D eigenvalue weighted by atomic mass is 10.1. The van der Waals surface area contributed by atoms with Gasteiger partial charge in [0.25, 0.3) is 5.91 Å². The van der Waals surface area contributed by atoms with Crippen molar-refractivity contribution in [2.75, 3.05) is 25.5 Å². The van der Waals surface area contributed by atoms with Gasteiger partial charge < -0.3 is 20.5 Å². The highest BCUT2D eigenvalue weighted by Crippen LogP contribution is 2.22. The Balaban J connectivity index is 2.24. The number of nitrogen functional groups attached to an aromatic ring is 1. The summed E-state index contributed by atoms with van der Waals surface area (Å²) in [7, 11) is 0. The molecule has 0 aromatic carbocycles. The van der Waals surface area contributed by atoms with Crippen LogP contribution >= 0.6 is 11.6 Å². The Bertz CT molecular complexity index is 483. The summed E-state index contributed by atoms with van der Waals surface area (Å²) < 4.78 is 5.40. The number of amides is 1. The summed E-state index contributed by atoms with van der Waals surface area (Å²) in [6, 6.07) is 1.38. The molecule has 0 aliphatic carbocycles. The largest absolute Gasteiger partial charge is 0.394 e. The third kappa shape index (κ3) is 2.97. The Morgan fingerprint density at radius 3 is 3.16 bits per heavy atom. The van der Waals surface area contributed by atoms with Crippen molar-refractivity contribution in [1.82, 2.24) is 9.88 Å². The maximum Gasteiger partial charge on any atom is 0.255 e. The van der Waals surface area contributed by atoms with Gasteiger partial charge in [0.15, 0.2) is 0 Å². The van der Waals surface area contributed by atoms with Crippen LogP contribution in [0.15, 0.2) is 12.3 Å². The first-order valence-corrected chi connectivity index (χ1v) is 6.35. The summed E-state index contributed by atoms with van der Waals surface area (Å²) >= 11 is 5.98. The molecule has 2 rings (SSSR count). The van der Waals surface area contributed by atoms with E-state index in [0.717, 1.165) is 0 Å². The second-order valence-electron chi connectivity index (χ2n) is 4.53. The maximum atomic E-state index is 12.5. The molecule has 1 saturated heterocycles. The van der Waals surface area contributed by atoms with Crippen molar-refractivity contribution in [1.29, 1.82) is 0 Å². The van der Waals surface area contributed by atoms with Gasteiger partial charge >= 0.3 is 0 Å². The zero-order chi connectivity index (χ0) is 14.0. The van der Waals surface area contributed by atoms with Crippen LogP contribution < -0.4 is 5.73 Å². The van der Waals surface area contributed by atoms with Crippen LogP contribution in [0.4, 0.5) is 5.82 Å². The van der Waals surface area contributed by atoms with Gasteiger partial charge in [-0.25, -0.2) is 4.98 Å². The highest BCUT2D eigenvalue weighted by atomic mass is 35.5. The molecule has 1 fully saturated rings. The molecule has 0 bridgehead atoms. The minimum Gasteiger partial charge on any atom is -0.394 e. The van der Waals surface area contributed by atoms with E-state index in [4.69, 9.17) is 27.2 Å². The number of halogens is 1. The number of rotatable bonds is 2. The molecule has 0 radical (unpaired) electrons. The first-order chi connectivity index (χ1) is 9.02. The van der Waals surface area contributed by atoms with Crippen LogP contribution in [-0.4, -0.2) is 52.8 Å². The number of aliphatic hydroxyl groups is 1. The summed E-state index contributed by atoms with van der Waals surface area (Å²) in [6.45, 7) is 2.47. The number of nitrogens with zero attached hydrogens (tertiary/aromatic N) is 2. The Morgan fingerprint density at radius 1 is 1.74 bits per heavy atom. The van der Waals surface area contributed by atoms with E-state index >= 15 is 0 Å². The standard InChI is InChI=1S/C12H16ClN3O3/c1-7-6-19-8(5-17)4-16(7)12(18)9-2-11(14)15-3-10(9)13/h2-3,7-8,17H,4-6H2,1H3,(H2,14,15). The number of carbonyl (C=O) groups excluding carboxylic acids is 1. The van der Waals surface area contributed by atoms with Crippen molar-refractivity contribution in [3.05, 3.63) is 22.8 Å². The molecule has 1 aromatic rings. The first-order valence-electron chi connectivity index (χ1n) is 5.97. The third-order valence-electron chi connectivity index (χ3n) is 3.08. The Morgan fingerprint density at radius 2 is 2.47 bits per heavy atom. The fourth-order valence-corrected chi connectivity index (χ4v) is 2.17. The molecule has 2 heterocycles. The summed E-state index contributed by atoms with van der Waals surface area (Å²) in [5, 5.41) is 9.39. The number of anilines is 1. The molecule has 19 heavy (non-hydrogen) atoms. The minimum atomic E-state index is -0.363. The van der Waals surface area contributed by atoms with E-state index in [1.807, 2.05) is 6.92 Å². The zero-order valence-corrected chi connectivity index (χ0v) is 11.3. The third-order valence-corrected chi connectivity index (χ3v) is 3.38. The monoisotopic (exact) mass is 285 g/mol. The molecular weight excluding hydrogens is 270 g/mol. The number of carbonyl (C=O) groups is 1. The van der Waals surface area contributed by atoms with E-state index in [-0.39, 0.29) is 35.5 Å². The van der Waals surface area contributed by atoms with Gasteiger partial charge in [0, 0.05) is 12.7 Å². The Hall–Kier alpha value is -1.37. The molecule has 7 heteroatoms. The molecule has 3 N–H and O–H groups in total. The van der Waals surface area contributed by atoms with Gasteiger partial charge in [-0.05, 0) is 13.0 Å². The lowest BCUT2D eigenvalue weighted by molar-refractivity contribution is -0.0667. The highest BCUT2D eigenvalue weighted by Gasteiger charge is 2.30. The van der Waals surface area contributed by atoms with Crippen LogP contribution in [0.25, 0.3) is 0 Å². The van der Waals surface area contributed by atoms with Gasteiger partial charge in [-0.2, -0.15) is 0 Å². The van der Waals surface area contributed by atoms with Gasteiger partial charge in [-0.15, -0.1) is 0 Å². The van der Waals surface area contributed by atoms with Crippen LogP contribution in [0.3, 0.4) is 0 Å². The fraction of sp³-hybridized carbons (Fsp3) is 0.500. The molecule has 1 aliphatic heterocycles. The lowest BCUT2D eigenvalue weighted by Gasteiger charge is -2.37. The number of hydrogen-bond donors (Lipinski definition) is 2. The molecule has 0 saturated carbocycles. The number of ether oxygens (including phenoxy) is 1. The van der Waals surface area contributed by atoms with Crippen molar-refractivity contribution in [3.63, 3.8) is 0 Å². The molecule has 6 nitrogen and oxygen atoms in total. The van der Waals surface area contributed by atoms with Crippen molar-refractivity contribution in [2.24, 2.45) is 0 Å². The van der Waals surface area contributed by atoms with Crippen LogP contribution in [0, 0.1) is 0 Å². The van der Waals surface area contributed by atoms with Gasteiger partial charge in [-0.1, -0.05) is 11.6 Å². The Labute approximate surface area is 116 Å². The first kappa shape index (κ1) is 14.0. The lowest BCUT2D eigenvalue weighted by Crippen LogP contribution is -2.52. The molecule has 1 aliphatic rings. The minimum absolute atomic E-state index is 0.0826. The predicted octanol–water partition coefficient (Wildman–Crippen LogP) is 0.539. The van der Waals surface area contributed by atoms with Gasteiger partial charge in [-0.3, -0.25) is 4.79 Å². The quantitative estimate of drug-likeness (QED) is 0.828. The SMILES string of the molecule is CC1COC(CO)CN1C(=O)c1cc(N)ncc1Cl. The van der Waals surface area contributed by atoms with E-state index in [0.29, 0.717) is 18.7 Å². The van der Waals surface area contributed by atoms with Gasteiger partial charge in [0.05, 0.1) is 35.9 Å². The van der Waals surface area contributed by atoms with E-state index in [9.17, 15) is 4.79 Å². The zero-order valence-electron chi connectivity index (χ0n) is 10.5. The normalized spacial score (nSPS) is 23.4. The second kappa shape index (κ2) is 5.73. The molecule has 1 amide bonds.